The molecule has 1 N–H and O–H groups in total. The Morgan fingerprint density at radius 3 is 2.70 bits per heavy atom. The summed E-state index contributed by atoms with van der Waals surface area (Å²) < 4.78 is 7.69. The van der Waals surface area contributed by atoms with Crippen molar-refractivity contribution in [2.24, 2.45) is 0 Å². The molecule has 0 saturated carbocycles. The molecule has 1 atom stereocenters. The van der Waals surface area contributed by atoms with Gasteiger partial charge >= 0.3 is 5.97 Å². The van der Waals surface area contributed by atoms with Gasteiger partial charge in [0.1, 0.15) is 6.10 Å². The molecule has 7 heteroatoms. The first kappa shape index (κ1) is 17.5. The average Bonchev–Trinajstić information content (AvgIpc) is 2.88. The first-order valence-corrected chi connectivity index (χ1v) is 8.39. The summed E-state index contributed by atoms with van der Waals surface area (Å²) in [5, 5.41) is 17.8. The van der Waals surface area contributed by atoms with E-state index in [-0.39, 0.29) is 18.0 Å². The van der Waals surface area contributed by atoms with E-state index >= 15 is 0 Å². The summed E-state index contributed by atoms with van der Waals surface area (Å²) in [5.74, 6) is -0.289. The summed E-state index contributed by atoms with van der Waals surface area (Å²) in [6, 6.07) is 7.92. The van der Waals surface area contributed by atoms with Crippen LogP contribution < -0.4 is 0 Å². The number of rotatable bonds is 7. The summed E-state index contributed by atoms with van der Waals surface area (Å²) in [6.07, 6.45) is -0.190. The molecule has 0 aliphatic rings. The lowest BCUT2D eigenvalue weighted by Gasteiger charge is -2.17. The molecule has 0 fully saturated rings. The molecule has 0 unspecified atom stereocenters. The summed E-state index contributed by atoms with van der Waals surface area (Å²) in [5.41, 5.74) is 2.01. The van der Waals surface area contributed by atoms with Gasteiger partial charge in [0, 0.05) is 5.69 Å². The lowest BCUT2D eigenvalue weighted by Crippen LogP contribution is -2.13. The van der Waals surface area contributed by atoms with E-state index in [4.69, 9.17) is 9.84 Å². The van der Waals surface area contributed by atoms with Crippen molar-refractivity contribution in [2.45, 2.75) is 45.1 Å². The normalized spacial score (nSPS) is 12.6. The number of carboxylic acid groups (broad SMARTS) is 1. The molecule has 0 saturated heterocycles. The maximum Gasteiger partial charge on any atom is 0.313 e. The highest BCUT2D eigenvalue weighted by molar-refractivity contribution is 7.99. The van der Waals surface area contributed by atoms with Crippen molar-refractivity contribution >= 4 is 17.7 Å². The van der Waals surface area contributed by atoms with Crippen LogP contribution in [0.3, 0.4) is 0 Å². The quantitative estimate of drug-likeness (QED) is 0.783. The lowest BCUT2D eigenvalue weighted by atomic mass is 10.2. The van der Waals surface area contributed by atoms with Crippen LogP contribution in [0.15, 0.2) is 29.4 Å². The van der Waals surface area contributed by atoms with Gasteiger partial charge in [0.25, 0.3) is 0 Å². The van der Waals surface area contributed by atoms with Crippen LogP contribution >= 0.6 is 11.8 Å². The number of aryl methyl sites for hydroxylation is 1. The van der Waals surface area contributed by atoms with Crippen molar-refractivity contribution in [3.8, 4) is 5.69 Å². The Labute approximate surface area is 139 Å². The van der Waals surface area contributed by atoms with Gasteiger partial charge in [-0.3, -0.25) is 9.36 Å². The molecular formula is C16H21N3O3S. The molecule has 0 radical (unpaired) electrons. The van der Waals surface area contributed by atoms with Gasteiger partial charge in [-0.1, -0.05) is 23.9 Å². The second kappa shape index (κ2) is 7.61. The summed E-state index contributed by atoms with van der Waals surface area (Å²) in [6.45, 7) is 7.85. The van der Waals surface area contributed by atoms with Crippen LogP contribution in [0.2, 0.25) is 0 Å². The minimum atomic E-state index is -0.887. The highest BCUT2D eigenvalue weighted by Crippen LogP contribution is 2.27. The SMILES string of the molecule is Cc1cccc(-n2c(SCC(=O)O)nnc2[C@H](C)OC(C)C)c1. The van der Waals surface area contributed by atoms with Crippen LogP contribution in [0.1, 0.15) is 38.3 Å². The maximum absolute atomic E-state index is 10.9. The van der Waals surface area contributed by atoms with Gasteiger partial charge in [0.15, 0.2) is 11.0 Å². The predicted molar refractivity (Wildman–Crippen MR) is 89.1 cm³/mol. The second-order valence-corrected chi connectivity index (χ2v) is 6.47. The Kier molecular flexibility index (Phi) is 5.79. The van der Waals surface area contributed by atoms with Crippen LogP contribution in [-0.4, -0.2) is 37.7 Å². The highest BCUT2D eigenvalue weighted by Gasteiger charge is 2.21. The molecule has 0 aliphatic heterocycles. The number of thioether (sulfide) groups is 1. The average molecular weight is 335 g/mol. The monoisotopic (exact) mass is 335 g/mol. The van der Waals surface area contributed by atoms with Crippen molar-refractivity contribution in [2.75, 3.05) is 5.75 Å². The molecule has 1 heterocycles. The van der Waals surface area contributed by atoms with Crippen molar-refractivity contribution in [1.82, 2.24) is 14.8 Å². The molecule has 0 amide bonds. The fourth-order valence-corrected chi connectivity index (χ4v) is 2.92. The number of benzene rings is 1. The molecule has 124 valence electrons. The number of aromatic nitrogens is 3. The third-order valence-electron chi connectivity index (χ3n) is 3.08. The number of hydrogen-bond donors (Lipinski definition) is 1. The minimum Gasteiger partial charge on any atom is -0.481 e. The van der Waals surface area contributed by atoms with Gasteiger partial charge in [-0.2, -0.15) is 0 Å². The Morgan fingerprint density at radius 1 is 1.35 bits per heavy atom. The topological polar surface area (TPSA) is 77.2 Å². The number of carboxylic acids is 1. The van der Waals surface area contributed by atoms with Gasteiger partial charge in [0.2, 0.25) is 0 Å². The third kappa shape index (κ3) is 4.56. The van der Waals surface area contributed by atoms with E-state index in [1.54, 1.807) is 0 Å². The molecule has 2 aromatic rings. The van der Waals surface area contributed by atoms with E-state index in [0.29, 0.717) is 11.0 Å². The molecule has 1 aromatic carbocycles. The zero-order valence-corrected chi connectivity index (χ0v) is 14.5. The van der Waals surface area contributed by atoms with E-state index in [0.717, 1.165) is 23.0 Å². The third-order valence-corrected chi connectivity index (χ3v) is 4.00. The van der Waals surface area contributed by atoms with Crippen molar-refractivity contribution in [3.63, 3.8) is 0 Å². The van der Waals surface area contributed by atoms with E-state index in [1.807, 2.05) is 56.5 Å². The fraction of sp³-hybridized carbons (Fsp3) is 0.438. The zero-order chi connectivity index (χ0) is 17.0. The van der Waals surface area contributed by atoms with Gasteiger partial charge in [-0.25, -0.2) is 0 Å². The van der Waals surface area contributed by atoms with Crippen molar-refractivity contribution in [1.29, 1.82) is 0 Å². The smallest absolute Gasteiger partial charge is 0.313 e. The van der Waals surface area contributed by atoms with Crippen LogP contribution in [0.4, 0.5) is 0 Å². The molecule has 2 rings (SSSR count). The van der Waals surface area contributed by atoms with Crippen molar-refractivity contribution in [3.05, 3.63) is 35.7 Å². The molecule has 6 nitrogen and oxygen atoms in total. The standard InChI is InChI=1S/C16H21N3O3S/c1-10(2)22-12(4)15-17-18-16(23-9-14(20)21)19(15)13-7-5-6-11(3)8-13/h5-8,10,12H,9H2,1-4H3,(H,20,21)/t12-/m0/s1. The van der Waals surface area contributed by atoms with Gasteiger partial charge < -0.3 is 9.84 Å². The molecule has 23 heavy (non-hydrogen) atoms. The molecule has 0 aliphatic carbocycles. The molecule has 0 spiro atoms. The molecule has 0 bridgehead atoms. The Hall–Kier alpha value is -1.86. The van der Waals surface area contributed by atoms with Crippen LogP contribution in [0, 0.1) is 6.92 Å². The first-order valence-electron chi connectivity index (χ1n) is 7.41. The Balaban J connectivity index is 2.44. The first-order chi connectivity index (χ1) is 10.9. The maximum atomic E-state index is 10.9. The van der Waals surface area contributed by atoms with E-state index in [9.17, 15) is 4.79 Å². The number of carbonyl (C=O) groups is 1. The Bertz CT molecular complexity index is 685. The van der Waals surface area contributed by atoms with Gasteiger partial charge in [0.05, 0.1) is 11.9 Å². The molecule has 1 aromatic heterocycles. The van der Waals surface area contributed by atoms with Gasteiger partial charge in [-0.05, 0) is 45.4 Å². The predicted octanol–water partition coefficient (Wildman–Crippen LogP) is 3.24. The number of ether oxygens (including phenoxy) is 1. The van der Waals surface area contributed by atoms with Crippen LogP contribution in [-0.2, 0) is 9.53 Å². The Morgan fingerprint density at radius 2 is 2.09 bits per heavy atom. The minimum absolute atomic E-state index is 0.0581. The number of aliphatic carboxylic acids is 1. The van der Waals surface area contributed by atoms with Crippen LogP contribution in [0.25, 0.3) is 5.69 Å². The second-order valence-electron chi connectivity index (χ2n) is 5.52. The summed E-state index contributed by atoms with van der Waals surface area (Å²) in [4.78, 5) is 10.9. The number of hydrogen-bond acceptors (Lipinski definition) is 5. The van der Waals surface area contributed by atoms with E-state index < -0.39 is 5.97 Å². The molecular weight excluding hydrogens is 314 g/mol. The van der Waals surface area contributed by atoms with Gasteiger partial charge in [-0.15, -0.1) is 10.2 Å². The number of nitrogens with zero attached hydrogens (tertiary/aromatic N) is 3. The van der Waals surface area contributed by atoms with Crippen molar-refractivity contribution < 1.29 is 14.6 Å². The largest absolute Gasteiger partial charge is 0.481 e. The van der Waals surface area contributed by atoms with Crippen LogP contribution in [0.5, 0.6) is 0 Å². The fourth-order valence-electron chi connectivity index (χ4n) is 2.24. The summed E-state index contributed by atoms with van der Waals surface area (Å²) in [7, 11) is 0. The zero-order valence-electron chi connectivity index (χ0n) is 13.7. The lowest BCUT2D eigenvalue weighted by molar-refractivity contribution is -0.133. The highest BCUT2D eigenvalue weighted by atomic mass is 32.2. The van der Waals surface area contributed by atoms with E-state index in [2.05, 4.69) is 10.2 Å². The summed E-state index contributed by atoms with van der Waals surface area (Å²) >= 11 is 1.15. The van der Waals surface area contributed by atoms with E-state index in [1.165, 1.54) is 0 Å².